The molecule has 0 aromatic heterocycles. The van der Waals surface area contributed by atoms with Crippen molar-refractivity contribution in [3.63, 3.8) is 0 Å². The van der Waals surface area contributed by atoms with Gasteiger partial charge in [0.2, 0.25) is 5.82 Å². The number of benzene rings is 1. The van der Waals surface area contributed by atoms with E-state index in [0.29, 0.717) is 31.8 Å². The van der Waals surface area contributed by atoms with Crippen molar-refractivity contribution in [2.45, 2.75) is 13.0 Å². The van der Waals surface area contributed by atoms with Crippen LogP contribution in [0.1, 0.15) is 17.3 Å². The van der Waals surface area contributed by atoms with E-state index in [4.69, 9.17) is 0 Å². The minimum absolute atomic E-state index is 0.0271. The number of nitro benzene ring substituents is 1. The largest absolute Gasteiger partial charge is 0.336 e. The molecule has 108 valence electrons. The molecule has 2 rings (SSSR count). The van der Waals surface area contributed by atoms with Gasteiger partial charge < -0.3 is 10.2 Å². The Bertz CT molecular complexity index is 565. The second kappa shape index (κ2) is 5.49. The average Bonchev–Trinajstić information content (AvgIpc) is 2.40. The number of hydrogen-bond donors (Lipinski definition) is 1. The van der Waals surface area contributed by atoms with E-state index in [1.54, 1.807) is 0 Å². The number of carbonyl (C=O) groups is 1. The zero-order chi connectivity index (χ0) is 14.9. The summed E-state index contributed by atoms with van der Waals surface area (Å²) < 4.78 is 27.3. The van der Waals surface area contributed by atoms with Crippen molar-refractivity contribution in [2.75, 3.05) is 19.6 Å². The molecule has 0 radical (unpaired) electrons. The Hall–Kier alpha value is -2.09. The van der Waals surface area contributed by atoms with Crippen molar-refractivity contribution >= 4 is 11.6 Å². The van der Waals surface area contributed by atoms with Gasteiger partial charge >= 0.3 is 5.69 Å². The lowest BCUT2D eigenvalue weighted by molar-refractivity contribution is -0.387. The molecule has 0 spiro atoms. The quantitative estimate of drug-likeness (QED) is 0.656. The summed E-state index contributed by atoms with van der Waals surface area (Å²) in [5.41, 5.74) is -1.64. The lowest BCUT2D eigenvalue weighted by Gasteiger charge is -2.31. The Morgan fingerprint density at radius 1 is 1.50 bits per heavy atom. The van der Waals surface area contributed by atoms with Gasteiger partial charge in [-0.05, 0) is 13.0 Å². The molecule has 1 atom stereocenters. The molecule has 1 amide bonds. The fourth-order valence-electron chi connectivity index (χ4n) is 2.15. The van der Waals surface area contributed by atoms with Gasteiger partial charge in [-0.1, -0.05) is 0 Å². The number of piperazine rings is 1. The third kappa shape index (κ3) is 2.74. The molecule has 1 aromatic carbocycles. The van der Waals surface area contributed by atoms with Crippen LogP contribution < -0.4 is 5.32 Å². The molecular weight excluding hydrogens is 272 g/mol. The first kappa shape index (κ1) is 14.3. The molecule has 0 saturated carbocycles. The zero-order valence-electron chi connectivity index (χ0n) is 10.7. The zero-order valence-corrected chi connectivity index (χ0v) is 10.7. The van der Waals surface area contributed by atoms with E-state index in [1.165, 1.54) is 4.90 Å². The van der Waals surface area contributed by atoms with Crippen molar-refractivity contribution in [1.82, 2.24) is 10.2 Å². The molecule has 1 aromatic rings. The summed E-state index contributed by atoms with van der Waals surface area (Å²) >= 11 is 0. The summed E-state index contributed by atoms with van der Waals surface area (Å²) in [5, 5.41) is 13.7. The van der Waals surface area contributed by atoms with E-state index in [-0.39, 0.29) is 6.04 Å². The fourth-order valence-corrected chi connectivity index (χ4v) is 2.15. The van der Waals surface area contributed by atoms with E-state index in [1.807, 2.05) is 6.92 Å². The highest BCUT2D eigenvalue weighted by Gasteiger charge is 2.29. The summed E-state index contributed by atoms with van der Waals surface area (Å²) in [6.07, 6.45) is 0. The molecule has 6 nitrogen and oxygen atoms in total. The second-order valence-corrected chi connectivity index (χ2v) is 4.65. The molecule has 1 heterocycles. The summed E-state index contributed by atoms with van der Waals surface area (Å²) in [6, 6.07) is 1.18. The summed E-state index contributed by atoms with van der Waals surface area (Å²) in [4.78, 5) is 23.1. The molecule has 0 unspecified atom stereocenters. The number of hydrogen-bond acceptors (Lipinski definition) is 4. The number of nitrogens with one attached hydrogen (secondary N) is 1. The maximum Gasteiger partial charge on any atom is 0.308 e. The summed E-state index contributed by atoms with van der Waals surface area (Å²) in [7, 11) is 0. The maximum absolute atomic E-state index is 13.9. The van der Waals surface area contributed by atoms with Gasteiger partial charge in [0.25, 0.3) is 5.91 Å². The van der Waals surface area contributed by atoms with E-state index in [9.17, 15) is 23.7 Å². The number of nitrogens with zero attached hydrogens (tertiary/aromatic N) is 2. The van der Waals surface area contributed by atoms with Crippen LogP contribution in [0.3, 0.4) is 0 Å². The van der Waals surface area contributed by atoms with Gasteiger partial charge in [0.1, 0.15) is 5.82 Å². The summed E-state index contributed by atoms with van der Waals surface area (Å²) in [5.74, 6) is -3.05. The number of halogens is 2. The molecule has 1 aliphatic rings. The van der Waals surface area contributed by atoms with Crippen LogP contribution in [-0.2, 0) is 0 Å². The number of amides is 1. The molecule has 0 bridgehead atoms. The third-order valence-corrected chi connectivity index (χ3v) is 3.10. The Balaban J connectivity index is 2.36. The van der Waals surface area contributed by atoms with Gasteiger partial charge in [-0.3, -0.25) is 14.9 Å². The standard InChI is InChI=1S/C12H13F2N3O3/c1-7-6-16(3-2-15-7)12(18)9-4-8(13)5-10(11(9)14)17(19)20/h4-5,7,15H,2-3,6H2,1H3/t7-/m1/s1. The Labute approximate surface area is 113 Å². The van der Waals surface area contributed by atoms with Crippen molar-refractivity contribution in [2.24, 2.45) is 0 Å². The number of carbonyl (C=O) groups excluding carboxylic acids is 1. The first-order valence-corrected chi connectivity index (χ1v) is 6.06. The molecule has 1 N–H and O–H groups in total. The third-order valence-electron chi connectivity index (χ3n) is 3.10. The van der Waals surface area contributed by atoms with E-state index in [2.05, 4.69) is 5.32 Å². The van der Waals surface area contributed by atoms with Crippen LogP contribution in [0, 0.1) is 21.7 Å². The van der Waals surface area contributed by atoms with Crippen LogP contribution in [0.2, 0.25) is 0 Å². The molecular formula is C12H13F2N3O3. The predicted molar refractivity (Wildman–Crippen MR) is 66.4 cm³/mol. The van der Waals surface area contributed by atoms with Gasteiger partial charge in [-0.25, -0.2) is 4.39 Å². The first-order valence-electron chi connectivity index (χ1n) is 6.06. The van der Waals surface area contributed by atoms with E-state index < -0.39 is 33.7 Å². The molecule has 1 saturated heterocycles. The van der Waals surface area contributed by atoms with Gasteiger partial charge in [0, 0.05) is 25.7 Å². The lowest BCUT2D eigenvalue weighted by Crippen LogP contribution is -2.51. The highest BCUT2D eigenvalue weighted by atomic mass is 19.1. The molecule has 8 heteroatoms. The number of rotatable bonds is 2. The minimum atomic E-state index is -1.30. The first-order chi connectivity index (χ1) is 9.40. The van der Waals surface area contributed by atoms with Crippen molar-refractivity contribution < 1.29 is 18.5 Å². The van der Waals surface area contributed by atoms with Gasteiger partial charge in [-0.2, -0.15) is 4.39 Å². The minimum Gasteiger partial charge on any atom is -0.336 e. The van der Waals surface area contributed by atoms with Crippen LogP contribution >= 0.6 is 0 Å². The van der Waals surface area contributed by atoms with Gasteiger partial charge in [-0.15, -0.1) is 0 Å². The van der Waals surface area contributed by atoms with Gasteiger partial charge in [0.15, 0.2) is 0 Å². The Kier molecular flexibility index (Phi) is 3.93. The molecule has 1 fully saturated rings. The highest BCUT2D eigenvalue weighted by Crippen LogP contribution is 2.23. The maximum atomic E-state index is 13.9. The van der Waals surface area contributed by atoms with E-state index in [0.717, 1.165) is 0 Å². The van der Waals surface area contributed by atoms with Gasteiger partial charge in [0.05, 0.1) is 16.6 Å². The van der Waals surface area contributed by atoms with Crippen LogP contribution in [0.4, 0.5) is 14.5 Å². The highest BCUT2D eigenvalue weighted by molar-refractivity contribution is 5.95. The molecule has 1 aliphatic heterocycles. The topological polar surface area (TPSA) is 75.5 Å². The van der Waals surface area contributed by atoms with Crippen LogP contribution in [-0.4, -0.2) is 41.4 Å². The van der Waals surface area contributed by atoms with Crippen molar-refractivity contribution in [3.8, 4) is 0 Å². The smallest absolute Gasteiger partial charge is 0.308 e. The van der Waals surface area contributed by atoms with E-state index >= 15 is 0 Å². The van der Waals surface area contributed by atoms with Crippen molar-refractivity contribution in [1.29, 1.82) is 0 Å². The fraction of sp³-hybridized carbons (Fsp3) is 0.417. The van der Waals surface area contributed by atoms with Crippen LogP contribution in [0.15, 0.2) is 12.1 Å². The Morgan fingerprint density at radius 2 is 2.20 bits per heavy atom. The van der Waals surface area contributed by atoms with Crippen molar-refractivity contribution in [3.05, 3.63) is 39.4 Å². The summed E-state index contributed by atoms with van der Waals surface area (Å²) in [6.45, 7) is 3.06. The predicted octanol–water partition coefficient (Wildman–Crippen LogP) is 1.31. The Morgan fingerprint density at radius 3 is 2.80 bits per heavy atom. The van der Waals surface area contributed by atoms with Crippen LogP contribution in [0.5, 0.6) is 0 Å². The molecule has 20 heavy (non-hydrogen) atoms. The second-order valence-electron chi connectivity index (χ2n) is 4.65. The lowest BCUT2D eigenvalue weighted by atomic mass is 10.1. The van der Waals surface area contributed by atoms with Crippen LogP contribution in [0.25, 0.3) is 0 Å². The monoisotopic (exact) mass is 285 g/mol. The average molecular weight is 285 g/mol. The number of nitro groups is 1. The normalized spacial score (nSPS) is 18.9. The SMILES string of the molecule is C[C@@H]1CN(C(=O)c2cc(F)cc([N+](=O)[O-])c2F)CCN1. The molecule has 0 aliphatic carbocycles.